The van der Waals surface area contributed by atoms with Crippen LogP contribution in [0, 0.1) is 23.0 Å². The molecule has 6 heteroatoms. The van der Waals surface area contributed by atoms with Gasteiger partial charge in [0.05, 0.1) is 4.92 Å². The van der Waals surface area contributed by atoms with Crippen molar-refractivity contribution in [1.82, 2.24) is 5.32 Å². The van der Waals surface area contributed by atoms with Gasteiger partial charge in [-0.05, 0) is 31.4 Å². The third-order valence-electron chi connectivity index (χ3n) is 3.80. The molecular formula is C14H18N2O4. The minimum absolute atomic E-state index is 0.0286. The topological polar surface area (TPSA) is 92.5 Å². The molecule has 1 fully saturated rings. The van der Waals surface area contributed by atoms with E-state index >= 15 is 0 Å². The first kappa shape index (κ1) is 14.5. The second kappa shape index (κ2) is 6.00. The fraction of sp³-hybridized carbons (Fsp3) is 0.500. The van der Waals surface area contributed by atoms with E-state index in [9.17, 15) is 20.0 Å². The number of aliphatic hydroxyl groups is 1. The quantitative estimate of drug-likeness (QED) is 0.648. The molecule has 0 bridgehead atoms. The molecule has 0 saturated heterocycles. The Hall–Kier alpha value is -1.95. The van der Waals surface area contributed by atoms with Crippen molar-refractivity contribution < 1.29 is 14.8 Å². The third-order valence-corrected chi connectivity index (χ3v) is 3.80. The van der Waals surface area contributed by atoms with Crippen LogP contribution in [0.15, 0.2) is 18.2 Å². The fourth-order valence-electron chi connectivity index (χ4n) is 2.68. The number of nitro groups is 1. The number of amides is 1. The number of carbonyl (C=O) groups is 1. The first-order valence-electron chi connectivity index (χ1n) is 6.69. The molecule has 1 aliphatic carbocycles. The molecule has 1 aromatic carbocycles. The summed E-state index contributed by atoms with van der Waals surface area (Å²) >= 11 is 0. The lowest BCUT2D eigenvalue weighted by Crippen LogP contribution is -2.38. The molecule has 0 aliphatic heterocycles. The molecule has 2 N–H and O–H groups in total. The Kier molecular flexibility index (Phi) is 4.34. The van der Waals surface area contributed by atoms with Crippen molar-refractivity contribution in [3.05, 3.63) is 39.4 Å². The molecule has 1 aliphatic rings. The number of hydrogen-bond acceptors (Lipinski definition) is 4. The average Bonchev–Trinajstić information content (AvgIpc) is 2.85. The van der Waals surface area contributed by atoms with E-state index in [0.29, 0.717) is 0 Å². The first-order valence-corrected chi connectivity index (χ1v) is 6.69. The molecule has 2 unspecified atom stereocenters. The highest BCUT2D eigenvalue weighted by Crippen LogP contribution is 2.26. The highest BCUT2D eigenvalue weighted by atomic mass is 16.6. The number of nitrogens with one attached hydrogen (secondary N) is 1. The molecule has 6 nitrogen and oxygen atoms in total. The van der Waals surface area contributed by atoms with Crippen LogP contribution < -0.4 is 5.32 Å². The molecule has 20 heavy (non-hydrogen) atoms. The van der Waals surface area contributed by atoms with E-state index in [1.54, 1.807) is 13.0 Å². The summed E-state index contributed by atoms with van der Waals surface area (Å²) in [7, 11) is 0. The summed E-state index contributed by atoms with van der Waals surface area (Å²) in [5.41, 5.74) is 0.691. The Bertz CT molecular complexity index is 530. The Morgan fingerprint density at radius 3 is 2.90 bits per heavy atom. The number of nitro benzene ring substituents is 1. The zero-order chi connectivity index (χ0) is 14.7. The normalized spacial score (nSPS) is 21.7. The van der Waals surface area contributed by atoms with Gasteiger partial charge in [0.15, 0.2) is 0 Å². The van der Waals surface area contributed by atoms with Gasteiger partial charge in [0.2, 0.25) is 0 Å². The van der Waals surface area contributed by atoms with Gasteiger partial charge < -0.3 is 10.4 Å². The van der Waals surface area contributed by atoms with Crippen LogP contribution >= 0.6 is 0 Å². The highest BCUT2D eigenvalue weighted by molar-refractivity contribution is 5.98. The molecule has 2 atom stereocenters. The zero-order valence-electron chi connectivity index (χ0n) is 11.3. The van der Waals surface area contributed by atoms with Gasteiger partial charge in [0.1, 0.15) is 5.56 Å². The molecule has 0 radical (unpaired) electrons. The lowest BCUT2D eigenvalue weighted by atomic mass is 10.0. The molecule has 0 aromatic heterocycles. The van der Waals surface area contributed by atoms with Gasteiger partial charge in [-0.1, -0.05) is 12.5 Å². The Morgan fingerprint density at radius 1 is 1.50 bits per heavy atom. The van der Waals surface area contributed by atoms with Crippen LogP contribution in [0.25, 0.3) is 0 Å². The summed E-state index contributed by atoms with van der Waals surface area (Å²) in [5.74, 6) is -0.395. The number of aliphatic hydroxyl groups excluding tert-OH is 1. The molecule has 0 heterocycles. The molecule has 0 spiro atoms. The number of hydrogen-bond donors (Lipinski definition) is 2. The standard InChI is InChI=1S/C14H18N2O4/c1-9-5-6-13(16(19)20)11(7-9)14(18)15-12-4-2-3-10(12)8-17/h5-7,10,12,17H,2-4,8H2,1H3,(H,15,18). The van der Waals surface area contributed by atoms with Gasteiger partial charge in [-0.2, -0.15) is 0 Å². The Labute approximate surface area is 117 Å². The predicted molar refractivity (Wildman–Crippen MR) is 73.5 cm³/mol. The summed E-state index contributed by atoms with van der Waals surface area (Å²) in [5, 5.41) is 23.0. The third kappa shape index (κ3) is 2.96. The minimum atomic E-state index is -0.549. The minimum Gasteiger partial charge on any atom is -0.396 e. The molecule has 1 aromatic rings. The van der Waals surface area contributed by atoms with E-state index in [4.69, 9.17) is 0 Å². The van der Waals surface area contributed by atoms with Gasteiger partial charge in [-0.15, -0.1) is 0 Å². The van der Waals surface area contributed by atoms with Gasteiger partial charge in [-0.3, -0.25) is 14.9 Å². The Balaban J connectivity index is 2.20. The number of benzene rings is 1. The van der Waals surface area contributed by atoms with Crippen LogP contribution in [0.2, 0.25) is 0 Å². The van der Waals surface area contributed by atoms with E-state index in [1.165, 1.54) is 12.1 Å². The SMILES string of the molecule is Cc1ccc([N+](=O)[O-])c(C(=O)NC2CCCC2CO)c1. The van der Waals surface area contributed by atoms with E-state index in [2.05, 4.69) is 5.32 Å². The maximum absolute atomic E-state index is 12.2. The van der Waals surface area contributed by atoms with E-state index < -0.39 is 10.8 Å². The summed E-state index contributed by atoms with van der Waals surface area (Å²) in [6.45, 7) is 1.81. The zero-order valence-corrected chi connectivity index (χ0v) is 11.3. The smallest absolute Gasteiger partial charge is 0.282 e. The van der Waals surface area contributed by atoms with Gasteiger partial charge >= 0.3 is 0 Å². The van der Waals surface area contributed by atoms with Crippen LogP contribution in [0.4, 0.5) is 5.69 Å². The van der Waals surface area contributed by atoms with Crippen LogP contribution in [0.3, 0.4) is 0 Å². The largest absolute Gasteiger partial charge is 0.396 e. The van der Waals surface area contributed by atoms with Crippen molar-refractivity contribution in [3.63, 3.8) is 0 Å². The molecule has 1 saturated carbocycles. The summed E-state index contributed by atoms with van der Waals surface area (Å²) in [6.07, 6.45) is 2.63. The van der Waals surface area contributed by atoms with Crippen LogP contribution in [-0.4, -0.2) is 28.6 Å². The predicted octanol–water partition coefficient (Wildman–Crippen LogP) is 1.79. The van der Waals surface area contributed by atoms with Crippen molar-refractivity contribution in [2.45, 2.75) is 32.2 Å². The number of aryl methyl sites for hydroxylation is 1. The monoisotopic (exact) mass is 278 g/mol. The second-order valence-electron chi connectivity index (χ2n) is 5.23. The lowest BCUT2D eigenvalue weighted by molar-refractivity contribution is -0.385. The average molecular weight is 278 g/mol. The maximum Gasteiger partial charge on any atom is 0.282 e. The lowest BCUT2D eigenvalue weighted by Gasteiger charge is -2.19. The summed E-state index contributed by atoms with van der Waals surface area (Å²) in [6, 6.07) is 4.38. The van der Waals surface area contributed by atoms with E-state index in [-0.39, 0.29) is 29.8 Å². The molecule has 2 rings (SSSR count). The van der Waals surface area contributed by atoms with E-state index in [0.717, 1.165) is 24.8 Å². The number of nitrogens with zero attached hydrogens (tertiary/aromatic N) is 1. The highest BCUT2D eigenvalue weighted by Gasteiger charge is 2.30. The molecule has 1 amide bonds. The van der Waals surface area contributed by atoms with Gasteiger partial charge in [0.25, 0.3) is 11.6 Å². The van der Waals surface area contributed by atoms with Crippen molar-refractivity contribution in [2.24, 2.45) is 5.92 Å². The van der Waals surface area contributed by atoms with Crippen LogP contribution in [0.5, 0.6) is 0 Å². The van der Waals surface area contributed by atoms with Crippen LogP contribution in [0.1, 0.15) is 35.2 Å². The maximum atomic E-state index is 12.2. The van der Waals surface area contributed by atoms with Crippen LogP contribution in [-0.2, 0) is 0 Å². The second-order valence-corrected chi connectivity index (χ2v) is 5.23. The van der Waals surface area contributed by atoms with Gasteiger partial charge in [0, 0.05) is 24.6 Å². The van der Waals surface area contributed by atoms with E-state index in [1.807, 2.05) is 0 Å². The summed E-state index contributed by atoms with van der Waals surface area (Å²) in [4.78, 5) is 22.7. The first-order chi connectivity index (χ1) is 9.52. The summed E-state index contributed by atoms with van der Waals surface area (Å²) < 4.78 is 0. The molecule has 108 valence electrons. The fourth-order valence-corrected chi connectivity index (χ4v) is 2.68. The number of rotatable bonds is 4. The van der Waals surface area contributed by atoms with Crippen molar-refractivity contribution in [3.8, 4) is 0 Å². The Morgan fingerprint density at radius 2 is 2.25 bits per heavy atom. The molecular weight excluding hydrogens is 260 g/mol. The number of carbonyl (C=O) groups excluding carboxylic acids is 1. The van der Waals surface area contributed by atoms with Crippen molar-refractivity contribution in [2.75, 3.05) is 6.61 Å². The van der Waals surface area contributed by atoms with Crippen molar-refractivity contribution >= 4 is 11.6 Å². The van der Waals surface area contributed by atoms with Crippen molar-refractivity contribution in [1.29, 1.82) is 0 Å². The van der Waals surface area contributed by atoms with Gasteiger partial charge in [-0.25, -0.2) is 0 Å².